The van der Waals surface area contributed by atoms with E-state index in [4.69, 9.17) is 20.9 Å². The zero-order valence-electron chi connectivity index (χ0n) is 24.4. The summed E-state index contributed by atoms with van der Waals surface area (Å²) >= 11 is 0. The highest BCUT2D eigenvalue weighted by Crippen LogP contribution is 2.23. The summed E-state index contributed by atoms with van der Waals surface area (Å²) in [5, 5.41) is 5.90. The summed E-state index contributed by atoms with van der Waals surface area (Å²) in [6.45, 7) is 11.8. The molecule has 2 aliphatic heterocycles. The van der Waals surface area contributed by atoms with Gasteiger partial charge in [0.1, 0.15) is 11.2 Å². The Labute approximate surface area is 236 Å². The third-order valence-corrected chi connectivity index (χ3v) is 6.69. The first-order valence-corrected chi connectivity index (χ1v) is 13.7. The van der Waals surface area contributed by atoms with Crippen molar-refractivity contribution in [2.75, 3.05) is 26.2 Å². The first-order chi connectivity index (χ1) is 18.6. The molecule has 0 radical (unpaired) electrons. The summed E-state index contributed by atoms with van der Waals surface area (Å²) in [6, 6.07) is 5.29. The van der Waals surface area contributed by atoms with Gasteiger partial charge in [0.2, 0.25) is 0 Å². The number of likely N-dealkylation sites (tertiary alicyclic amines) is 2. The van der Waals surface area contributed by atoms with E-state index >= 15 is 0 Å². The lowest BCUT2D eigenvalue weighted by atomic mass is 10.1. The topological polar surface area (TPSA) is 169 Å². The summed E-state index contributed by atoms with van der Waals surface area (Å²) < 4.78 is 11.0. The number of nitrogens with zero attached hydrogens (tertiary/aromatic N) is 2. The molecule has 4 atom stereocenters. The van der Waals surface area contributed by atoms with Gasteiger partial charge >= 0.3 is 12.2 Å². The second kappa shape index (κ2) is 12.4. The first-order valence-electron chi connectivity index (χ1n) is 13.7. The summed E-state index contributed by atoms with van der Waals surface area (Å²) in [5.41, 5.74) is 11.1. The van der Waals surface area contributed by atoms with Crippen LogP contribution in [-0.4, -0.2) is 95.3 Å². The molecule has 2 aliphatic rings. The van der Waals surface area contributed by atoms with Crippen molar-refractivity contribution < 1.29 is 28.7 Å². The molecule has 1 aromatic rings. The van der Waals surface area contributed by atoms with Crippen LogP contribution in [-0.2, 0) is 9.47 Å². The van der Waals surface area contributed by atoms with Gasteiger partial charge in [-0.15, -0.1) is 0 Å². The lowest BCUT2D eigenvalue weighted by Gasteiger charge is -2.27. The molecule has 2 saturated heterocycles. The third kappa shape index (κ3) is 8.31. The van der Waals surface area contributed by atoms with Crippen LogP contribution in [0.25, 0.3) is 0 Å². The summed E-state index contributed by atoms with van der Waals surface area (Å²) in [7, 11) is 0. The molecular formula is C28H44N6O6. The number of benzene rings is 1. The van der Waals surface area contributed by atoms with E-state index in [1.807, 2.05) is 0 Å². The van der Waals surface area contributed by atoms with Crippen molar-refractivity contribution in [3.63, 3.8) is 0 Å². The largest absolute Gasteiger partial charge is 0.444 e. The van der Waals surface area contributed by atoms with Crippen LogP contribution in [0.15, 0.2) is 24.3 Å². The standard InChI is InChI=1S/C28H44N6O6/c1-27(2,3)39-25(37)33-15-19(11-21(33)13-29)31-23(35)17-8-7-9-18(10-17)24(36)32-20-12-22(14-30)34(16-20)26(38)40-28(4,5)6/h7-10,19-22H,11-16,29-30H2,1-6H3,(H,31,35)(H,32,36)/t19-,20?,21-,22-/m0/s1. The molecule has 0 spiro atoms. The maximum Gasteiger partial charge on any atom is 0.410 e. The van der Waals surface area contributed by atoms with Gasteiger partial charge in [0.15, 0.2) is 0 Å². The van der Waals surface area contributed by atoms with Gasteiger partial charge in [-0.3, -0.25) is 9.59 Å². The Balaban J connectivity index is 1.60. The average Bonchev–Trinajstić information content (AvgIpc) is 3.45. The fourth-order valence-corrected chi connectivity index (χ4v) is 4.92. The number of ether oxygens (including phenoxy) is 2. The van der Waals surface area contributed by atoms with Crippen molar-refractivity contribution in [3.05, 3.63) is 35.4 Å². The molecule has 1 unspecified atom stereocenters. The number of nitrogens with two attached hydrogens (primary N) is 2. The fraction of sp³-hybridized carbons (Fsp3) is 0.643. The quantitative estimate of drug-likeness (QED) is 0.408. The van der Waals surface area contributed by atoms with Crippen molar-refractivity contribution in [1.82, 2.24) is 20.4 Å². The summed E-state index contributed by atoms with van der Waals surface area (Å²) in [5.74, 6) is -0.719. The van der Waals surface area contributed by atoms with Crippen LogP contribution in [0.2, 0.25) is 0 Å². The summed E-state index contributed by atoms with van der Waals surface area (Å²) in [6.07, 6.45) is 0.0688. The van der Waals surface area contributed by atoms with Gasteiger partial charge < -0.3 is 41.4 Å². The molecule has 0 aromatic heterocycles. The van der Waals surface area contributed by atoms with Crippen LogP contribution in [0, 0.1) is 0 Å². The maximum atomic E-state index is 13.1. The van der Waals surface area contributed by atoms with Crippen molar-refractivity contribution >= 4 is 24.0 Å². The SMILES string of the molecule is CC(C)(C)OC(=O)N1CC(NC(=O)c2cccc(C(=O)N[C@H]3C[C@@H](CN)N(C(=O)OC(C)(C)C)C3)c2)C[C@H]1CN. The molecule has 0 saturated carbocycles. The normalized spacial score (nSPS) is 23.1. The van der Waals surface area contributed by atoms with E-state index in [2.05, 4.69) is 10.6 Å². The van der Waals surface area contributed by atoms with Crippen LogP contribution in [0.5, 0.6) is 0 Å². The Kier molecular flexibility index (Phi) is 9.68. The van der Waals surface area contributed by atoms with E-state index < -0.39 is 23.4 Å². The molecule has 2 fully saturated rings. The van der Waals surface area contributed by atoms with E-state index in [9.17, 15) is 19.2 Å². The van der Waals surface area contributed by atoms with E-state index in [0.717, 1.165) is 0 Å². The number of hydrogen-bond donors (Lipinski definition) is 4. The van der Waals surface area contributed by atoms with Gasteiger partial charge in [0.05, 0.1) is 0 Å². The van der Waals surface area contributed by atoms with Crippen molar-refractivity contribution in [3.8, 4) is 0 Å². The van der Waals surface area contributed by atoms with Gasteiger partial charge in [0, 0.05) is 61.5 Å². The van der Waals surface area contributed by atoms with Crippen molar-refractivity contribution in [1.29, 1.82) is 0 Å². The molecular weight excluding hydrogens is 516 g/mol. The highest BCUT2D eigenvalue weighted by Gasteiger charge is 2.39. The number of carbonyl (C=O) groups is 4. The lowest BCUT2D eigenvalue weighted by Crippen LogP contribution is -2.44. The second-order valence-electron chi connectivity index (χ2n) is 12.4. The number of hydrogen-bond acceptors (Lipinski definition) is 8. The number of rotatable bonds is 6. The highest BCUT2D eigenvalue weighted by atomic mass is 16.6. The molecule has 3 rings (SSSR count). The van der Waals surface area contributed by atoms with E-state index in [-0.39, 0.29) is 62.2 Å². The van der Waals surface area contributed by atoms with E-state index in [1.54, 1.807) is 69.5 Å². The first kappa shape index (κ1) is 31.2. The van der Waals surface area contributed by atoms with Crippen molar-refractivity contribution in [2.45, 2.75) is 89.8 Å². The molecule has 222 valence electrons. The Morgan fingerprint density at radius 1 is 0.775 bits per heavy atom. The molecule has 6 N–H and O–H groups in total. The Bertz CT molecular complexity index is 1020. The smallest absolute Gasteiger partial charge is 0.410 e. The average molecular weight is 561 g/mol. The predicted octanol–water partition coefficient (Wildman–Crippen LogP) is 1.82. The molecule has 12 heteroatoms. The minimum Gasteiger partial charge on any atom is -0.444 e. The number of nitrogens with one attached hydrogen (secondary N) is 2. The highest BCUT2D eigenvalue weighted by molar-refractivity contribution is 6.00. The fourth-order valence-electron chi connectivity index (χ4n) is 4.92. The Morgan fingerprint density at radius 3 is 1.48 bits per heavy atom. The minimum atomic E-state index is -0.643. The second-order valence-corrected chi connectivity index (χ2v) is 12.4. The number of carbonyl (C=O) groups excluding carboxylic acids is 4. The molecule has 1 aromatic carbocycles. The molecule has 0 bridgehead atoms. The number of amides is 4. The third-order valence-electron chi connectivity index (χ3n) is 6.69. The minimum absolute atomic E-state index is 0.249. The van der Waals surface area contributed by atoms with Gasteiger partial charge in [-0.25, -0.2) is 9.59 Å². The van der Waals surface area contributed by atoms with Crippen LogP contribution < -0.4 is 22.1 Å². The molecule has 40 heavy (non-hydrogen) atoms. The maximum absolute atomic E-state index is 13.1. The van der Waals surface area contributed by atoms with Crippen molar-refractivity contribution in [2.24, 2.45) is 11.5 Å². The molecule has 0 aliphatic carbocycles. The molecule has 2 heterocycles. The van der Waals surface area contributed by atoms with Crippen LogP contribution in [0.1, 0.15) is 75.1 Å². The Morgan fingerprint density at radius 2 is 1.15 bits per heavy atom. The van der Waals surface area contributed by atoms with Crippen LogP contribution in [0.4, 0.5) is 9.59 Å². The van der Waals surface area contributed by atoms with Gasteiger partial charge in [0.25, 0.3) is 11.8 Å². The van der Waals surface area contributed by atoms with E-state index in [1.165, 1.54) is 6.07 Å². The van der Waals surface area contributed by atoms with Crippen LogP contribution in [0.3, 0.4) is 0 Å². The van der Waals surface area contributed by atoms with Gasteiger partial charge in [-0.2, -0.15) is 0 Å². The summed E-state index contributed by atoms with van der Waals surface area (Å²) in [4.78, 5) is 54.4. The monoisotopic (exact) mass is 560 g/mol. The molecule has 4 amide bonds. The Hall–Kier alpha value is -3.38. The lowest BCUT2D eigenvalue weighted by molar-refractivity contribution is 0.0218. The zero-order chi connectivity index (χ0) is 29.8. The van der Waals surface area contributed by atoms with Gasteiger partial charge in [-0.05, 0) is 72.6 Å². The van der Waals surface area contributed by atoms with Crippen LogP contribution >= 0.6 is 0 Å². The molecule has 12 nitrogen and oxygen atoms in total. The zero-order valence-corrected chi connectivity index (χ0v) is 24.4. The van der Waals surface area contributed by atoms with Gasteiger partial charge in [-0.1, -0.05) is 6.07 Å². The van der Waals surface area contributed by atoms with E-state index in [0.29, 0.717) is 24.0 Å². The predicted molar refractivity (Wildman–Crippen MR) is 150 cm³/mol.